The molecule has 1 aromatic heterocycles. The first kappa shape index (κ1) is 38.7. The summed E-state index contributed by atoms with van der Waals surface area (Å²) in [5.41, 5.74) is 4.11. The molecule has 54 heavy (non-hydrogen) atoms. The Hall–Kier alpha value is -5.01. The van der Waals surface area contributed by atoms with E-state index in [0.717, 1.165) is 36.7 Å². The van der Waals surface area contributed by atoms with Crippen LogP contribution in [0.2, 0.25) is 0 Å². The fourth-order valence-electron chi connectivity index (χ4n) is 7.47. The molecule has 2 aromatic rings. The number of oxime groups is 1. The van der Waals surface area contributed by atoms with Crippen molar-refractivity contribution < 1.29 is 58.5 Å². The Balaban J connectivity index is 1.09. The van der Waals surface area contributed by atoms with Gasteiger partial charge in [-0.3, -0.25) is 24.1 Å². The lowest BCUT2D eigenvalue weighted by atomic mass is 9.70. The Labute approximate surface area is 317 Å². The van der Waals surface area contributed by atoms with E-state index in [1.54, 1.807) is 0 Å². The summed E-state index contributed by atoms with van der Waals surface area (Å²) in [5, 5.41) is 49.2. The molecular formula is C35H40N6O11S2. The lowest BCUT2D eigenvalue weighted by Crippen LogP contribution is -2.66. The number of aromatic hydroxyl groups is 2. The summed E-state index contributed by atoms with van der Waals surface area (Å²) in [6.07, 6.45) is 1.81. The van der Waals surface area contributed by atoms with Gasteiger partial charge in [-0.1, -0.05) is 5.16 Å². The van der Waals surface area contributed by atoms with E-state index < -0.39 is 58.0 Å². The molecule has 5 aliphatic heterocycles. The number of aryl methyl sites for hydroxylation is 1. The molecule has 4 fully saturated rings. The number of amides is 2. The zero-order valence-corrected chi connectivity index (χ0v) is 31.4. The van der Waals surface area contributed by atoms with Crippen molar-refractivity contribution in [1.82, 2.24) is 15.2 Å². The number of nitrogen functional groups attached to an aromatic ring is 1. The van der Waals surface area contributed by atoms with Gasteiger partial charge in [-0.05, 0) is 38.5 Å². The van der Waals surface area contributed by atoms with E-state index in [4.69, 9.17) is 10.6 Å². The van der Waals surface area contributed by atoms with Crippen LogP contribution in [0, 0.1) is 18.3 Å². The number of phenols is 2. The number of carbonyl (C=O) groups is 6. The largest absolute Gasteiger partial charge is 0.543 e. The number of piperidine rings is 3. The number of ketones is 2. The quantitative estimate of drug-likeness (QED) is 0.0333. The average molecular weight is 785 g/mol. The first-order valence-electron chi connectivity index (χ1n) is 17.2. The van der Waals surface area contributed by atoms with Crippen LogP contribution in [0.4, 0.5) is 5.13 Å². The van der Waals surface area contributed by atoms with Crippen molar-refractivity contribution in [3.05, 3.63) is 45.6 Å². The minimum absolute atomic E-state index is 0.0319. The maximum atomic E-state index is 13.5. The van der Waals surface area contributed by atoms with Crippen LogP contribution in [-0.4, -0.2) is 120 Å². The number of β-lactam (4-membered cyclic amide) rings is 1. The van der Waals surface area contributed by atoms with Gasteiger partial charge in [-0.2, -0.15) is 0 Å². The number of nitrogens with zero attached hydrogens (tertiary/aromatic N) is 4. The molecule has 0 unspecified atom stereocenters. The van der Waals surface area contributed by atoms with Gasteiger partial charge in [0.25, 0.3) is 5.91 Å². The number of Topliss-reactive ketones (excluding diaryl/α,β-unsaturated/α-hetero) is 2. The summed E-state index contributed by atoms with van der Waals surface area (Å²) < 4.78 is 0.602. The SMILES string of the molecule is Cc1cc(C(=O)C(=O)NCC23CC[N+](CC4=C(C(=O)[O-])N5C(=O)[C@@H](CC(=O)/C(=N\OC(C)(C)C(=O)O)c6csc(N)n6)[C@H]5SC4)(CC2)CC3)cc(O)c1O. The second-order valence-electron chi connectivity index (χ2n) is 14.9. The van der Waals surface area contributed by atoms with Crippen LogP contribution < -0.4 is 16.2 Å². The third-order valence-corrected chi connectivity index (χ3v) is 13.0. The molecule has 0 radical (unpaired) electrons. The number of aliphatic carboxylic acids is 2. The second kappa shape index (κ2) is 14.3. The topological polar surface area (TPSA) is 262 Å². The van der Waals surface area contributed by atoms with E-state index in [9.17, 15) is 49.2 Å². The highest BCUT2D eigenvalue weighted by atomic mass is 32.2. The van der Waals surface area contributed by atoms with E-state index in [1.165, 1.54) is 48.9 Å². The van der Waals surface area contributed by atoms with Gasteiger partial charge in [0.2, 0.25) is 17.3 Å². The van der Waals surface area contributed by atoms with Gasteiger partial charge in [-0.15, -0.1) is 23.1 Å². The van der Waals surface area contributed by atoms with E-state index in [1.807, 2.05) is 0 Å². The number of fused-ring (bicyclic) bond motifs is 4. The zero-order chi connectivity index (χ0) is 39.3. The minimum Gasteiger partial charge on any atom is -0.543 e. The van der Waals surface area contributed by atoms with Crippen molar-refractivity contribution in [3.8, 4) is 11.5 Å². The summed E-state index contributed by atoms with van der Waals surface area (Å²) >= 11 is 2.39. The lowest BCUT2D eigenvalue weighted by Gasteiger charge is -2.56. The third kappa shape index (κ3) is 7.26. The summed E-state index contributed by atoms with van der Waals surface area (Å²) in [7, 11) is 0. The van der Waals surface area contributed by atoms with Crippen molar-refractivity contribution in [2.24, 2.45) is 16.5 Å². The van der Waals surface area contributed by atoms with Crippen LogP contribution in [0.3, 0.4) is 0 Å². The number of benzene rings is 1. The Kier molecular flexibility index (Phi) is 10.3. The van der Waals surface area contributed by atoms with E-state index in [0.29, 0.717) is 42.0 Å². The molecule has 17 nitrogen and oxygen atoms in total. The van der Waals surface area contributed by atoms with Gasteiger partial charge in [0.15, 0.2) is 28.1 Å². The average Bonchev–Trinajstić information content (AvgIpc) is 3.57. The first-order valence-corrected chi connectivity index (χ1v) is 19.1. The number of nitrogens with two attached hydrogens (primary N) is 1. The van der Waals surface area contributed by atoms with Crippen LogP contribution in [0.25, 0.3) is 0 Å². The number of thioether (sulfide) groups is 1. The normalized spacial score (nSPS) is 25.1. The molecule has 0 aliphatic carbocycles. The van der Waals surface area contributed by atoms with Gasteiger partial charge >= 0.3 is 5.97 Å². The predicted octanol–water partition coefficient (Wildman–Crippen LogP) is 0.523. The summed E-state index contributed by atoms with van der Waals surface area (Å²) in [6, 6.07) is 2.39. The number of phenolic OH excluding ortho intramolecular Hbond substituents is 2. The number of rotatable bonds is 14. The second-order valence-corrected chi connectivity index (χ2v) is 16.9. The third-order valence-electron chi connectivity index (χ3n) is 10.9. The van der Waals surface area contributed by atoms with Crippen LogP contribution in [0.5, 0.6) is 11.5 Å². The number of thiazole rings is 1. The Bertz CT molecular complexity index is 1980. The molecule has 7 rings (SSSR count). The maximum absolute atomic E-state index is 13.5. The molecular weight excluding hydrogens is 745 g/mol. The molecule has 0 saturated carbocycles. The summed E-state index contributed by atoms with van der Waals surface area (Å²) in [4.78, 5) is 87.2. The van der Waals surface area contributed by atoms with Crippen molar-refractivity contribution in [2.45, 2.75) is 57.4 Å². The molecule has 288 valence electrons. The lowest BCUT2D eigenvalue weighted by molar-refractivity contribution is -0.941. The predicted molar refractivity (Wildman–Crippen MR) is 192 cm³/mol. The van der Waals surface area contributed by atoms with Crippen LogP contribution >= 0.6 is 23.1 Å². The number of anilines is 1. The van der Waals surface area contributed by atoms with Gasteiger partial charge in [0.05, 0.1) is 42.6 Å². The minimum atomic E-state index is -1.77. The molecule has 0 spiro atoms. The highest BCUT2D eigenvalue weighted by Crippen LogP contribution is 2.48. The van der Waals surface area contributed by atoms with E-state index >= 15 is 0 Å². The molecule has 2 amide bonds. The van der Waals surface area contributed by atoms with Gasteiger partial charge in [0.1, 0.15) is 12.2 Å². The molecule has 2 atom stereocenters. The Morgan fingerprint density at radius 1 is 1.17 bits per heavy atom. The summed E-state index contributed by atoms with van der Waals surface area (Å²) in [5.74, 6) is -7.06. The zero-order valence-electron chi connectivity index (χ0n) is 29.7. The van der Waals surface area contributed by atoms with Crippen molar-refractivity contribution in [1.29, 1.82) is 0 Å². The monoisotopic (exact) mass is 784 g/mol. The Morgan fingerprint density at radius 3 is 2.41 bits per heavy atom. The molecule has 4 saturated heterocycles. The van der Waals surface area contributed by atoms with Crippen molar-refractivity contribution in [2.75, 3.05) is 44.2 Å². The van der Waals surface area contributed by atoms with Gasteiger partial charge in [0, 0.05) is 59.9 Å². The standard InChI is InChI=1S/C35H40N6O11S2/c1-17-10-18(11-23(43)26(17)44)27(45)28(46)37-16-35-4-7-41(8-5-35,9-6-35)13-19-14-53-30-20(29(47)40(30)25(19)31(48)49)12-22(42)24(21-15-54-33(36)38-21)39-52-34(2,3)32(50)51/h10-11,15,20,30H,4-9,12-14,16H2,1-3H3,(H6-,36,37,38,39,42,43,44,45,46,48,49,50,51)/t20-,30-,35?,41?/m1/s1. The molecule has 6 N–H and O–H groups in total. The fraction of sp³-hybridized carbons (Fsp3) is 0.486. The highest BCUT2D eigenvalue weighted by molar-refractivity contribution is 8.00. The first-order chi connectivity index (χ1) is 25.4. The highest BCUT2D eigenvalue weighted by Gasteiger charge is 2.55. The number of hydrogen-bond donors (Lipinski definition) is 5. The van der Waals surface area contributed by atoms with Crippen LogP contribution in [0.15, 0.2) is 33.9 Å². The van der Waals surface area contributed by atoms with E-state index in [2.05, 4.69) is 15.5 Å². The maximum Gasteiger partial charge on any atom is 0.350 e. The molecule has 19 heteroatoms. The number of aromatic nitrogens is 1. The molecule has 6 heterocycles. The molecule has 5 aliphatic rings. The number of nitrogens with one attached hydrogen (secondary N) is 1. The smallest absolute Gasteiger partial charge is 0.350 e. The van der Waals surface area contributed by atoms with Crippen molar-refractivity contribution in [3.63, 3.8) is 0 Å². The Morgan fingerprint density at radius 2 is 1.83 bits per heavy atom. The number of hydrogen-bond acceptors (Lipinski definition) is 15. The summed E-state index contributed by atoms with van der Waals surface area (Å²) in [6.45, 7) is 6.77. The van der Waals surface area contributed by atoms with Crippen LogP contribution in [0.1, 0.15) is 61.1 Å². The van der Waals surface area contributed by atoms with Crippen LogP contribution in [-0.2, 0) is 28.8 Å². The van der Waals surface area contributed by atoms with Gasteiger partial charge < -0.3 is 45.6 Å². The number of carboxylic acid groups (broad SMARTS) is 2. The van der Waals surface area contributed by atoms with Gasteiger partial charge in [-0.25, -0.2) is 9.78 Å². The molecule has 2 bridgehead atoms. The molecule has 1 aromatic carbocycles. The number of carbonyl (C=O) groups excluding carboxylic acids is 5. The fourth-order valence-corrected chi connectivity index (χ4v) is 9.42. The number of quaternary nitrogens is 1. The van der Waals surface area contributed by atoms with E-state index in [-0.39, 0.29) is 57.5 Å². The number of carboxylic acids is 2. The van der Waals surface area contributed by atoms with Crippen molar-refractivity contribution >= 4 is 69.3 Å².